The van der Waals surface area contributed by atoms with Crippen LogP contribution in [0.3, 0.4) is 0 Å². The van der Waals surface area contributed by atoms with Crippen LogP contribution in [0.15, 0.2) is 67.0 Å². The second-order valence-electron chi connectivity index (χ2n) is 10.4. The minimum atomic E-state index is 0.241. The third kappa shape index (κ3) is 6.12. The predicted molar refractivity (Wildman–Crippen MR) is 147 cm³/mol. The summed E-state index contributed by atoms with van der Waals surface area (Å²) in [5.41, 5.74) is 10.1. The van der Waals surface area contributed by atoms with E-state index in [-0.39, 0.29) is 6.04 Å². The van der Waals surface area contributed by atoms with E-state index < -0.39 is 0 Å². The number of nitrogen functional groups attached to an aromatic ring is 1. The van der Waals surface area contributed by atoms with Gasteiger partial charge in [-0.15, -0.1) is 0 Å². The molecule has 2 heterocycles. The Kier molecular flexibility index (Phi) is 8.24. The first-order valence-corrected chi connectivity index (χ1v) is 12.9. The van der Waals surface area contributed by atoms with Crippen LogP contribution >= 0.6 is 0 Å². The van der Waals surface area contributed by atoms with Crippen molar-refractivity contribution in [2.75, 3.05) is 54.8 Å². The summed E-state index contributed by atoms with van der Waals surface area (Å²) < 4.78 is 0. The van der Waals surface area contributed by atoms with E-state index in [1.54, 1.807) is 6.33 Å². The van der Waals surface area contributed by atoms with E-state index in [4.69, 9.17) is 5.73 Å². The van der Waals surface area contributed by atoms with Crippen molar-refractivity contribution in [2.45, 2.75) is 33.7 Å². The molecule has 6 heteroatoms. The molecule has 0 saturated carbocycles. The van der Waals surface area contributed by atoms with Crippen molar-refractivity contribution in [1.82, 2.24) is 14.9 Å². The number of benzene rings is 2. The summed E-state index contributed by atoms with van der Waals surface area (Å²) in [6.45, 7) is 14.5. The normalized spacial score (nSPS) is 14.8. The van der Waals surface area contributed by atoms with Crippen molar-refractivity contribution in [3.05, 3.63) is 78.1 Å². The molecule has 0 amide bonds. The zero-order valence-electron chi connectivity index (χ0n) is 21.6. The summed E-state index contributed by atoms with van der Waals surface area (Å²) in [5, 5.41) is 0. The van der Waals surface area contributed by atoms with Crippen LogP contribution in [0.1, 0.15) is 44.9 Å². The Balaban J connectivity index is 1.53. The van der Waals surface area contributed by atoms with Gasteiger partial charge in [-0.1, -0.05) is 88.4 Å². The largest absolute Gasteiger partial charge is 0.393 e. The fourth-order valence-corrected chi connectivity index (χ4v) is 5.09. The smallest absolute Gasteiger partial charge is 0.157 e. The van der Waals surface area contributed by atoms with Gasteiger partial charge in [0.15, 0.2) is 11.6 Å². The van der Waals surface area contributed by atoms with Gasteiger partial charge >= 0.3 is 0 Å². The molecule has 0 atom stereocenters. The van der Waals surface area contributed by atoms with E-state index in [1.807, 2.05) is 0 Å². The molecule has 0 unspecified atom stereocenters. The number of hydrogen-bond acceptors (Lipinski definition) is 6. The molecule has 0 bridgehead atoms. The van der Waals surface area contributed by atoms with E-state index >= 15 is 0 Å². The molecule has 4 rings (SSSR count). The molecule has 186 valence electrons. The van der Waals surface area contributed by atoms with Crippen molar-refractivity contribution >= 4 is 17.3 Å². The average molecular weight is 473 g/mol. The molecular weight excluding hydrogens is 432 g/mol. The van der Waals surface area contributed by atoms with Gasteiger partial charge in [0.05, 0.1) is 6.04 Å². The number of hydrogen-bond donors (Lipinski definition) is 1. The van der Waals surface area contributed by atoms with E-state index in [0.29, 0.717) is 17.5 Å². The third-order valence-electron chi connectivity index (χ3n) is 6.52. The molecule has 6 nitrogen and oxygen atoms in total. The highest BCUT2D eigenvalue weighted by atomic mass is 15.3. The summed E-state index contributed by atoms with van der Waals surface area (Å²) in [7, 11) is 0. The lowest BCUT2D eigenvalue weighted by Crippen LogP contribution is -2.48. The lowest BCUT2D eigenvalue weighted by Gasteiger charge is -2.40. The Hall–Kier alpha value is -3.12. The number of rotatable bonds is 9. The van der Waals surface area contributed by atoms with Gasteiger partial charge in [-0.2, -0.15) is 0 Å². The van der Waals surface area contributed by atoms with Gasteiger partial charge < -0.3 is 15.5 Å². The summed E-state index contributed by atoms with van der Waals surface area (Å²) in [6.07, 6.45) is 1.68. The highest BCUT2D eigenvalue weighted by molar-refractivity contribution is 5.76. The summed E-state index contributed by atoms with van der Waals surface area (Å²) in [5.74, 6) is 2.79. The zero-order chi connectivity index (χ0) is 24.8. The third-order valence-corrected chi connectivity index (χ3v) is 6.52. The number of piperazine rings is 1. The number of nitrogens with zero attached hydrogens (tertiary/aromatic N) is 5. The molecule has 2 aromatic carbocycles. The molecular formula is C29H40N6. The highest BCUT2D eigenvalue weighted by Crippen LogP contribution is 2.33. The second kappa shape index (κ2) is 11.5. The summed E-state index contributed by atoms with van der Waals surface area (Å²) in [4.78, 5) is 16.5. The van der Waals surface area contributed by atoms with Crippen molar-refractivity contribution < 1.29 is 0 Å². The van der Waals surface area contributed by atoms with E-state index in [0.717, 1.165) is 50.9 Å². The SMILES string of the molecule is CC(C)CN(CC(C)C)c1ncnc(N2CCN(C(c3ccccc3)c3ccccc3)CC2)c1N. The van der Waals surface area contributed by atoms with Crippen LogP contribution in [0.5, 0.6) is 0 Å². The van der Waals surface area contributed by atoms with Gasteiger partial charge in [-0.05, 0) is 23.0 Å². The molecule has 3 aromatic rings. The standard InChI is InChI=1S/C29H40N6/c1-22(2)19-35(20-23(3)4)29-26(30)28(31-21-32-29)34-17-15-33(16-18-34)27(24-11-7-5-8-12-24)25-13-9-6-10-14-25/h5-14,21-23,27H,15-20,30H2,1-4H3. The molecule has 1 fully saturated rings. The first-order chi connectivity index (χ1) is 16.9. The van der Waals surface area contributed by atoms with Gasteiger partial charge in [0.1, 0.15) is 12.0 Å². The average Bonchev–Trinajstić information content (AvgIpc) is 2.85. The van der Waals surface area contributed by atoms with Crippen molar-refractivity contribution in [1.29, 1.82) is 0 Å². The fourth-order valence-electron chi connectivity index (χ4n) is 5.09. The quantitative estimate of drug-likeness (QED) is 0.468. The molecule has 35 heavy (non-hydrogen) atoms. The van der Waals surface area contributed by atoms with Gasteiger partial charge in [-0.25, -0.2) is 9.97 Å². The predicted octanol–water partition coefficient (Wildman–Crippen LogP) is 5.09. The topological polar surface area (TPSA) is 61.5 Å². The number of anilines is 3. The maximum absolute atomic E-state index is 6.72. The molecule has 1 saturated heterocycles. The molecule has 0 radical (unpaired) electrons. The van der Waals surface area contributed by atoms with Gasteiger partial charge in [0, 0.05) is 39.3 Å². The van der Waals surface area contributed by atoms with Gasteiger partial charge in [0.2, 0.25) is 0 Å². The fraction of sp³-hybridized carbons (Fsp3) is 0.448. The minimum absolute atomic E-state index is 0.241. The Bertz CT molecular complexity index is 996. The first kappa shape index (κ1) is 25.0. The highest BCUT2D eigenvalue weighted by Gasteiger charge is 2.28. The van der Waals surface area contributed by atoms with Crippen LogP contribution in [-0.4, -0.2) is 54.1 Å². The monoisotopic (exact) mass is 472 g/mol. The van der Waals surface area contributed by atoms with E-state index in [1.165, 1.54) is 11.1 Å². The molecule has 1 aliphatic heterocycles. The number of aromatic nitrogens is 2. The van der Waals surface area contributed by atoms with Crippen LogP contribution in [-0.2, 0) is 0 Å². The molecule has 0 aliphatic carbocycles. The Morgan fingerprint density at radius 2 is 1.29 bits per heavy atom. The van der Waals surface area contributed by atoms with Crippen molar-refractivity contribution in [2.24, 2.45) is 11.8 Å². The maximum atomic E-state index is 6.72. The van der Waals surface area contributed by atoms with Crippen LogP contribution in [0.4, 0.5) is 17.3 Å². The van der Waals surface area contributed by atoms with Gasteiger partial charge in [0.25, 0.3) is 0 Å². The minimum Gasteiger partial charge on any atom is -0.393 e. The lowest BCUT2D eigenvalue weighted by atomic mass is 9.96. The van der Waals surface area contributed by atoms with Gasteiger partial charge in [-0.3, -0.25) is 4.90 Å². The van der Waals surface area contributed by atoms with Crippen LogP contribution in [0, 0.1) is 11.8 Å². The second-order valence-corrected chi connectivity index (χ2v) is 10.4. The molecule has 2 N–H and O–H groups in total. The Morgan fingerprint density at radius 3 is 1.77 bits per heavy atom. The van der Waals surface area contributed by atoms with Crippen LogP contribution in [0.25, 0.3) is 0 Å². The van der Waals surface area contributed by atoms with E-state index in [2.05, 4.69) is 113 Å². The van der Waals surface area contributed by atoms with E-state index in [9.17, 15) is 0 Å². The Morgan fingerprint density at radius 1 is 0.771 bits per heavy atom. The summed E-state index contributed by atoms with van der Waals surface area (Å²) >= 11 is 0. The van der Waals surface area contributed by atoms with Crippen molar-refractivity contribution in [3.63, 3.8) is 0 Å². The number of nitrogens with two attached hydrogens (primary N) is 1. The molecule has 0 spiro atoms. The zero-order valence-corrected chi connectivity index (χ0v) is 21.6. The van der Waals surface area contributed by atoms with Crippen molar-refractivity contribution in [3.8, 4) is 0 Å². The molecule has 1 aliphatic rings. The van der Waals surface area contributed by atoms with Crippen LogP contribution in [0.2, 0.25) is 0 Å². The lowest BCUT2D eigenvalue weighted by molar-refractivity contribution is 0.212. The van der Waals surface area contributed by atoms with Crippen LogP contribution < -0.4 is 15.5 Å². The maximum Gasteiger partial charge on any atom is 0.157 e. The first-order valence-electron chi connectivity index (χ1n) is 12.9. The molecule has 1 aromatic heterocycles. The summed E-state index contributed by atoms with van der Waals surface area (Å²) in [6, 6.07) is 21.9. The Labute approximate surface area is 210 Å².